The van der Waals surface area contributed by atoms with Crippen LogP contribution in [0.4, 0.5) is 11.5 Å². The third-order valence-electron chi connectivity index (χ3n) is 15.5. The number of anilines is 2. The molecule has 4 aliphatic heterocycles. The molecule has 400 valence electrons. The second kappa shape index (κ2) is 22.8. The van der Waals surface area contributed by atoms with Gasteiger partial charge in [0.25, 0.3) is 5.91 Å². The van der Waals surface area contributed by atoms with Crippen LogP contribution in [0.2, 0.25) is 5.02 Å². The molecular weight excluding hydrogens is 998 g/mol. The Labute approximate surface area is 452 Å². The van der Waals surface area contributed by atoms with Crippen molar-refractivity contribution in [1.82, 2.24) is 44.3 Å². The first-order chi connectivity index (χ1) is 37.3. The van der Waals surface area contributed by atoms with Gasteiger partial charge in [-0.15, -0.1) is 10.2 Å². The molecule has 19 nitrogen and oxygen atoms in total. The predicted molar refractivity (Wildman–Crippen MR) is 293 cm³/mol. The number of piperazine rings is 2. The van der Waals surface area contributed by atoms with Crippen LogP contribution in [0.3, 0.4) is 0 Å². The van der Waals surface area contributed by atoms with Crippen molar-refractivity contribution in [3.05, 3.63) is 119 Å². The van der Waals surface area contributed by atoms with Crippen molar-refractivity contribution in [3.8, 4) is 40.7 Å². The van der Waals surface area contributed by atoms with E-state index in [1.807, 2.05) is 61.2 Å². The predicted octanol–water partition coefficient (Wildman–Crippen LogP) is 6.28. The summed E-state index contributed by atoms with van der Waals surface area (Å²) in [7, 11) is 0. The number of nitriles is 1. The fourth-order valence-electron chi connectivity index (χ4n) is 11.4. The Morgan fingerprint density at radius 3 is 2.36 bits per heavy atom. The molecule has 6 heterocycles. The summed E-state index contributed by atoms with van der Waals surface area (Å²) in [5.41, 5.74) is 11.2. The monoisotopic (exact) mass is 1060 g/mol. The van der Waals surface area contributed by atoms with E-state index >= 15 is 0 Å². The van der Waals surface area contributed by atoms with Crippen LogP contribution in [0.25, 0.3) is 27.8 Å². The molecule has 77 heavy (non-hydrogen) atoms. The Morgan fingerprint density at radius 1 is 0.896 bits per heavy atom. The maximum absolute atomic E-state index is 13.9. The van der Waals surface area contributed by atoms with Gasteiger partial charge in [0.2, 0.25) is 17.6 Å². The molecule has 0 radical (unpaired) electrons. The number of phenols is 2. The van der Waals surface area contributed by atoms with Crippen molar-refractivity contribution >= 4 is 51.6 Å². The van der Waals surface area contributed by atoms with Gasteiger partial charge in [0.05, 0.1) is 41.4 Å². The number of aromatic hydroxyl groups is 2. The normalized spacial score (nSPS) is 17.6. The minimum atomic E-state index is -0.773. The summed E-state index contributed by atoms with van der Waals surface area (Å²) in [5, 5.41) is 42.0. The van der Waals surface area contributed by atoms with Crippen molar-refractivity contribution in [2.45, 2.75) is 64.6 Å². The fraction of sp³-hybridized carbons (Fsp3) is 0.404. The van der Waals surface area contributed by atoms with Crippen LogP contribution >= 0.6 is 11.6 Å². The van der Waals surface area contributed by atoms with E-state index < -0.39 is 5.91 Å². The minimum absolute atomic E-state index is 0.0362. The lowest BCUT2D eigenvalue weighted by atomic mass is 9.94. The number of hydrogen-bond acceptors (Lipinski definition) is 15. The van der Waals surface area contributed by atoms with Crippen LogP contribution in [-0.4, -0.2) is 157 Å². The van der Waals surface area contributed by atoms with Crippen molar-refractivity contribution in [3.63, 3.8) is 0 Å². The minimum Gasteiger partial charge on any atom is -0.508 e. The lowest BCUT2D eigenvalue weighted by Gasteiger charge is -2.42. The lowest BCUT2D eigenvalue weighted by molar-refractivity contribution is -0.139. The number of ether oxygens (including phenoxy) is 1. The number of phenolic OH excluding ortho intramolecular Hbond substituents is 2. The summed E-state index contributed by atoms with van der Waals surface area (Å²) >= 11 is 6.79. The standard InChI is InChI=1S/C57H64ClN13O6/c1-4-50(74)70-28-27-69(34-41(70)15-19-59)53-42-18-22-68(47-10-6-8-38-7-5-9-45(58)51(38)47)35-46(42)61-57(62-53)77-30-29-65-23-25-67(26-24-65)56(76)39-16-20-66(21-17-39)33-37-11-13-40(14-12-37)71-54(63-64-55(71)52(60)75)44-31-43(36(2)3)48(72)32-49(44)73/h4-14,31-32,36,39,41,72-73H,1,15-18,20-30,33-35H2,2-3H3,(H2,60,75). The van der Waals surface area contributed by atoms with Crippen LogP contribution in [-0.2, 0) is 29.1 Å². The molecule has 3 saturated heterocycles. The van der Waals surface area contributed by atoms with Crippen molar-refractivity contribution < 1.29 is 29.3 Å². The molecule has 0 spiro atoms. The number of carbonyl (C=O) groups excluding carboxylic acids is 3. The number of rotatable bonds is 15. The van der Waals surface area contributed by atoms with Crippen molar-refractivity contribution in [1.29, 1.82) is 5.26 Å². The highest BCUT2D eigenvalue weighted by atomic mass is 35.5. The van der Waals surface area contributed by atoms with E-state index in [-0.39, 0.29) is 65.3 Å². The van der Waals surface area contributed by atoms with E-state index in [4.69, 9.17) is 32.0 Å². The highest BCUT2D eigenvalue weighted by Crippen LogP contribution is 2.40. The van der Waals surface area contributed by atoms with Crippen LogP contribution in [0.15, 0.2) is 85.5 Å². The quantitative estimate of drug-likeness (QED) is 0.0963. The smallest absolute Gasteiger partial charge is 0.318 e. The van der Waals surface area contributed by atoms with E-state index in [0.717, 1.165) is 84.7 Å². The van der Waals surface area contributed by atoms with Gasteiger partial charge in [-0.1, -0.05) is 68.4 Å². The highest BCUT2D eigenvalue weighted by Gasteiger charge is 2.35. The largest absolute Gasteiger partial charge is 0.508 e. The summed E-state index contributed by atoms with van der Waals surface area (Å²) in [6.45, 7) is 16.2. The molecule has 2 aromatic heterocycles. The van der Waals surface area contributed by atoms with Gasteiger partial charge in [-0.3, -0.25) is 28.8 Å². The Hall–Kier alpha value is -7.79. The zero-order chi connectivity index (χ0) is 53.9. The second-order valence-electron chi connectivity index (χ2n) is 20.6. The number of nitrogens with zero attached hydrogens (tertiary/aromatic N) is 12. The lowest BCUT2D eigenvalue weighted by Crippen LogP contribution is -2.55. The van der Waals surface area contributed by atoms with E-state index in [1.54, 1.807) is 11.0 Å². The molecule has 0 aliphatic carbocycles. The van der Waals surface area contributed by atoms with Gasteiger partial charge in [0, 0.05) is 99.8 Å². The average molecular weight is 1060 g/mol. The first-order valence-electron chi connectivity index (χ1n) is 26.4. The van der Waals surface area contributed by atoms with Crippen molar-refractivity contribution in [2.24, 2.45) is 11.7 Å². The molecule has 3 amide bonds. The molecule has 20 heteroatoms. The first kappa shape index (κ1) is 52.6. The SMILES string of the molecule is C=CC(=O)N1CCN(c2nc(OCCN3CCN(C(=O)C4CCN(Cc5ccc(-n6c(C(N)=O)nnc6-c6cc(C(C)C)c(O)cc6O)cc5)CC4)CC3)nc3c2CCN(c2cccc4cccc(Cl)c24)C3)CC1CC#N. The number of hydrogen-bond donors (Lipinski definition) is 3. The number of piperidine rings is 1. The summed E-state index contributed by atoms with van der Waals surface area (Å²) < 4.78 is 7.92. The van der Waals surface area contributed by atoms with Gasteiger partial charge >= 0.3 is 6.01 Å². The van der Waals surface area contributed by atoms with E-state index in [1.165, 1.54) is 16.7 Å². The summed E-state index contributed by atoms with van der Waals surface area (Å²) in [4.78, 5) is 62.1. The maximum Gasteiger partial charge on any atom is 0.318 e. The second-order valence-corrected chi connectivity index (χ2v) is 21.0. The average Bonchev–Trinajstić information content (AvgIpc) is 3.92. The Morgan fingerprint density at radius 2 is 1.65 bits per heavy atom. The number of benzene rings is 4. The topological polar surface area (TPSA) is 227 Å². The number of nitrogens with two attached hydrogens (primary N) is 1. The molecule has 0 bridgehead atoms. The Kier molecular flexibility index (Phi) is 15.6. The van der Waals surface area contributed by atoms with Gasteiger partial charge in [-0.2, -0.15) is 15.2 Å². The van der Waals surface area contributed by atoms with E-state index in [9.17, 15) is 29.9 Å². The first-order valence-corrected chi connectivity index (χ1v) is 26.8. The zero-order valence-electron chi connectivity index (χ0n) is 43.5. The number of fused-ring (bicyclic) bond motifs is 2. The Bertz CT molecular complexity index is 3230. The van der Waals surface area contributed by atoms with Gasteiger partial charge in [-0.05, 0) is 91.2 Å². The van der Waals surface area contributed by atoms with Crippen molar-refractivity contribution in [2.75, 3.05) is 88.4 Å². The molecule has 0 saturated carbocycles. The van der Waals surface area contributed by atoms with Crippen LogP contribution < -0.4 is 20.3 Å². The molecule has 3 fully saturated rings. The molecule has 4 aromatic carbocycles. The van der Waals surface area contributed by atoms with Gasteiger partial charge in [-0.25, -0.2) is 0 Å². The van der Waals surface area contributed by atoms with Gasteiger partial charge < -0.3 is 40.3 Å². The molecule has 4 N–H and O–H groups in total. The third-order valence-corrected chi connectivity index (χ3v) is 15.8. The fourth-order valence-corrected chi connectivity index (χ4v) is 11.6. The van der Waals surface area contributed by atoms with Crippen LogP contribution in [0.1, 0.15) is 72.0 Å². The highest BCUT2D eigenvalue weighted by molar-refractivity contribution is 6.36. The molecule has 4 aliphatic rings. The van der Waals surface area contributed by atoms with Crippen LogP contribution in [0.5, 0.6) is 17.5 Å². The van der Waals surface area contributed by atoms with Crippen LogP contribution in [0, 0.1) is 17.2 Å². The van der Waals surface area contributed by atoms with E-state index in [0.29, 0.717) is 87.2 Å². The Balaban J connectivity index is 0.738. The van der Waals surface area contributed by atoms with Gasteiger partial charge in [0.15, 0.2) is 5.82 Å². The molecule has 10 rings (SSSR count). The number of amides is 3. The summed E-state index contributed by atoms with van der Waals surface area (Å²) in [6, 6.07) is 25.0. The number of carbonyl (C=O) groups is 3. The number of likely N-dealkylation sites (tertiary alicyclic amines) is 1. The number of aromatic nitrogens is 5. The molecular formula is C57H64ClN13O6. The van der Waals surface area contributed by atoms with Gasteiger partial charge in [0.1, 0.15) is 23.9 Å². The maximum atomic E-state index is 13.9. The molecule has 6 aromatic rings. The molecule has 1 unspecified atom stereocenters. The number of primary amides is 1. The molecule has 1 atom stereocenters. The summed E-state index contributed by atoms with van der Waals surface area (Å²) in [6.07, 6.45) is 3.72. The third kappa shape index (κ3) is 11.1. The van der Waals surface area contributed by atoms with E-state index in [2.05, 4.69) is 60.6 Å². The number of halogens is 1. The summed E-state index contributed by atoms with van der Waals surface area (Å²) in [5.74, 6) is -0.164. The zero-order valence-corrected chi connectivity index (χ0v) is 44.3.